The molecule has 2 aromatic carbocycles. The maximum Gasteiger partial charge on any atom is 0.426 e. The van der Waals surface area contributed by atoms with Crippen molar-refractivity contribution in [1.29, 1.82) is 0 Å². The summed E-state index contributed by atoms with van der Waals surface area (Å²) in [4.78, 5) is 12.5. The number of carbonyl (C=O) groups excluding carboxylic acids is 1. The molecule has 28 heavy (non-hydrogen) atoms. The van der Waals surface area contributed by atoms with E-state index in [4.69, 9.17) is 21.1 Å². The monoisotopic (exact) mass is 419 g/mol. The van der Waals surface area contributed by atoms with Crippen LogP contribution in [-0.4, -0.2) is 38.6 Å². The van der Waals surface area contributed by atoms with Gasteiger partial charge in [-0.15, -0.1) is 0 Å². The van der Waals surface area contributed by atoms with Crippen LogP contribution < -0.4 is 14.8 Å². The number of rotatable bonds is 6. The Balaban J connectivity index is 2.82. The van der Waals surface area contributed by atoms with Gasteiger partial charge < -0.3 is 24.6 Å². The number of phenolic OH excluding ortho intramolecular Hbond substituents is 1. The SMILES string of the molecule is COC(=O)[C@](Nc1cccc(Cl)c1)(c1cc(OC)c(O)c(OC)c1)C(F)(F)F. The van der Waals surface area contributed by atoms with Crippen molar-refractivity contribution in [3.8, 4) is 17.2 Å². The van der Waals surface area contributed by atoms with Gasteiger partial charge in [0.2, 0.25) is 5.75 Å². The standard InChI is InChI=1S/C18H17ClF3NO5/c1-26-13-7-10(8-14(27-2)15(13)24)17(16(25)28-3,18(20,21)22)23-12-6-4-5-11(19)9-12/h4-9,23-24H,1-3H3/t17-/m1/s1. The molecule has 0 unspecified atom stereocenters. The second-order valence-corrected chi connectivity index (χ2v) is 6.04. The number of esters is 1. The average Bonchev–Trinajstić information content (AvgIpc) is 2.64. The number of aromatic hydroxyl groups is 1. The normalized spacial score (nSPS) is 13.4. The molecule has 0 spiro atoms. The van der Waals surface area contributed by atoms with Gasteiger partial charge in [0, 0.05) is 16.3 Å². The van der Waals surface area contributed by atoms with Crippen molar-refractivity contribution < 1.29 is 37.3 Å². The molecule has 0 heterocycles. The number of hydrogen-bond donors (Lipinski definition) is 2. The molecule has 0 aliphatic rings. The van der Waals surface area contributed by atoms with E-state index in [1.165, 1.54) is 24.3 Å². The van der Waals surface area contributed by atoms with Gasteiger partial charge in [0.15, 0.2) is 11.5 Å². The third-order valence-electron chi connectivity index (χ3n) is 3.99. The van der Waals surface area contributed by atoms with Crippen molar-refractivity contribution in [2.45, 2.75) is 11.7 Å². The van der Waals surface area contributed by atoms with Gasteiger partial charge >= 0.3 is 12.1 Å². The molecular formula is C18H17ClF3NO5. The Labute approximate surface area is 163 Å². The number of hydrogen-bond acceptors (Lipinski definition) is 6. The molecule has 0 radical (unpaired) electrons. The summed E-state index contributed by atoms with van der Waals surface area (Å²) in [6.45, 7) is 0. The van der Waals surface area contributed by atoms with Gasteiger partial charge in [0.1, 0.15) is 0 Å². The van der Waals surface area contributed by atoms with Crippen molar-refractivity contribution in [3.63, 3.8) is 0 Å². The van der Waals surface area contributed by atoms with Crippen molar-refractivity contribution >= 4 is 23.3 Å². The third-order valence-corrected chi connectivity index (χ3v) is 4.22. The molecule has 2 aromatic rings. The van der Waals surface area contributed by atoms with Gasteiger partial charge in [-0.25, -0.2) is 4.79 Å². The maximum atomic E-state index is 14.3. The van der Waals surface area contributed by atoms with E-state index >= 15 is 0 Å². The molecule has 152 valence electrons. The van der Waals surface area contributed by atoms with Crippen LogP contribution in [0, 0.1) is 0 Å². The summed E-state index contributed by atoms with van der Waals surface area (Å²) >= 11 is 5.85. The van der Waals surface area contributed by atoms with E-state index in [2.05, 4.69) is 10.1 Å². The van der Waals surface area contributed by atoms with E-state index < -0.39 is 29.0 Å². The highest BCUT2D eigenvalue weighted by Crippen LogP contribution is 2.47. The lowest BCUT2D eigenvalue weighted by molar-refractivity contribution is -0.201. The van der Waals surface area contributed by atoms with Gasteiger partial charge in [0.05, 0.1) is 21.3 Å². The number of carbonyl (C=O) groups is 1. The summed E-state index contributed by atoms with van der Waals surface area (Å²) < 4.78 is 57.3. The highest BCUT2D eigenvalue weighted by Gasteiger charge is 2.63. The van der Waals surface area contributed by atoms with Crippen molar-refractivity contribution in [2.75, 3.05) is 26.6 Å². The lowest BCUT2D eigenvalue weighted by Crippen LogP contribution is -2.55. The molecular weight excluding hydrogens is 403 g/mol. The first-order chi connectivity index (χ1) is 13.1. The summed E-state index contributed by atoms with van der Waals surface area (Å²) in [5.74, 6) is -2.79. The molecule has 6 nitrogen and oxygen atoms in total. The topological polar surface area (TPSA) is 77.0 Å². The smallest absolute Gasteiger partial charge is 0.426 e. The number of benzene rings is 2. The Morgan fingerprint density at radius 1 is 1.07 bits per heavy atom. The lowest BCUT2D eigenvalue weighted by Gasteiger charge is -2.35. The number of anilines is 1. The van der Waals surface area contributed by atoms with Crippen LogP contribution in [0.4, 0.5) is 18.9 Å². The largest absolute Gasteiger partial charge is 0.502 e. The predicted octanol–water partition coefficient (Wildman–Crippen LogP) is 4.11. The number of alkyl halides is 3. The maximum absolute atomic E-state index is 14.3. The molecule has 1 atom stereocenters. The molecule has 0 aliphatic carbocycles. The molecule has 2 N–H and O–H groups in total. The zero-order chi connectivity index (χ0) is 21.1. The lowest BCUT2D eigenvalue weighted by atomic mass is 9.87. The Bertz CT molecular complexity index is 850. The fraction of sp³-hybridized carbons (Fsp3) is 0.278. The molecule has 0 bridgehead atoms. The van der Waals surface area contributed by atoms with Gasteiger partial charge in [-0.3, -0.25) is 0 Å². The Morgan fingerprint density at radius 3 is 2.07 bits per heavy atom. The average molecular weight is 420 g/mol. The highest BCUT2D eigenvalue weighted by atomic mass is 35.5. The number of phenols is 1. The van der Waals surface area contributed by atoms with Crippen LogP contribution in [0.1, 0.15) is 5.56 Å². The fourth-order valence-electron chi connectivity index (χ4n) is 2.64. The van der Waals surface area contributed by atoms with Crippen LogP contribution in [0.3, 0.4) is 0 Å². The first-order valence-electron chi connectivity index (χ1n) is 7.75. The minimum atomic E-state index is -5.16. The number of methoxy groups -OCH3 is 3. The Hall–Kier alpha value is -2.81. The van der Waals surface area contributed by atoms with Gasteiger partial charge in [-0.2, -0.15) is 13.2 Å². The van der Waals surface area contributed by atoms with Crippen LogP contribution >= 0.6 is 11.6 Å². The molecule has 0 saturated heterocycles. The fourth-order valence-corrected chi connectivity index (χ4v) is 2.83. The molecule has 2 rings (SSSR count). The van der Waals surface area contributed by atoms with Crippen LogP contribution in [0.25, 0.3) is 0 Å². The second-order valence-electron chi connectivity index (χ2n) is 5.60. The Kier molecular flexibility index (Phi) is 6.18. The van der Waals surface area contributed by atoms with Crippen LogP contribution in [-0.2, 0) is 15.1 Å². The molecule has 0 saturated carbocycles. The van der Waals surface area contributed by atoms with Crippen molar-refractivity contribution in [2.24, 2.45) is 0 Å². The summed E-state index contributed by atoms with van der Waals surface area (Å²) in [6.07, 6.45) is -5.16. The van der Waals surface area contributed by atoms with Crippen molar-refractivity contribution in [1.82, 2.24) is 0 Å². The molecule has 10 heteroatoms. The first kappa shape index (κ1) is 21.5. The Morgan fingerprint density at radius 2 is 1.64 bits per heavy atom. The van der Waals surface area contributed by atoms with E-state index in [1.54, 1.807) is 0 Å². The second kappa shape index (κ2) is 8.05. The number of ether oxygens (including phenoxy) is 3. The highest BCUT2D eigenvalue weighted by molar-refractivity contribution is 6.30. The zero-order valence-corrected chi connectivity index (χ0v) is 15.8. The summed E-state index contributed by atoms with van der Waals surface area (Å²) in [5, 5.41) is 12.4. The molecule has 0 fully saturated rings. The minimum absolute atomic E-state index is 0.0822. The molecule has 0 aromatic heterocycles. The van der Waals surface area contributed by atoms with Gasteiger partial charge in [0.25, 0.3) is 5.54 Å². The van der Waals surface area contributed by atoms with E-state index in [9.17, 15) is 23.1 Å². The van der Waals surface area contributed by atoms with E-state index in [1.807, 2.05) is 0 Å². The zero-order valence-electron chi connectivity index (χ0n) is 15.1. The van der Waals surface area contributed by atoms with E-state index in [-0.39, 0.29) is 22.2 Å². The van der Waals surface area contributed by atoms with E-state index in [0.29, 0.717) is 0 Å². The van der Waals surface area contributed by atoms with Gasteiger partial charge in [-0.1, -0.05) is 17.7 Å². The number of halogens is 4. The van der Waals surface area contributed by atoms with Crippen LogP contribution in [0.15, 0.2) is 36.4 Å². The minimum Gasteiger partial charge on any atom is -0.502 e. The predicted molar refractivity (Wildman–Crippen MR) is 96.0 cm³/mol. The third kappa shape index (κ3) is 3.75. The quantitative estimate of drug-likeness (QED) is 0.686. The molecule has 0 aliphatic heterocycles. The molecule has 0 amide bonds. The summed E-state index contributed by atoms with van der Waals surface area (Å²) in [6, 6.07) is 7.16. The summed E-state index contributed by atoms with van der Waals surface area (Å²) in [7, 11) is 3.13. The first-order valence-corrected chi connectivity index (χ1v) is 8.12. The van der Waals surface area contributed by atoms with E-state index in [0.717, 1.165) is 33.5 Å². The van der Waals surface area contributed by atoms with Crippen LogP contribution in [0.2, 0.25) is 5.02 Å². The number of nitrogens with one attached hydrogen (secondary N) is 1. The van der Waals surface area contributed by atoms with Crippen molar-refractivity contribution in [3.05, 3.63) is 47.0 Å². The van der Waals surface area contributed by atoms with Gasteiger partial charge in [-0.05, 0) is 30.3 Å². The summed E-state index contributed by atoms with van der Waals surface area (Å²) in [5.41, 5.74) is -4.03. The van der Waals surface area contributed by atoms with Crippen LogP contribution in [0.5, 0.6) is 17.2 Å².